The highest BCUT2D eigenvalue weighted by molar-refractivity contribution is 7.12. The number of hydrogen-bond donors (Lipinski definition) is 2. The predicted molar refractivity (Wildman–Crippen MR) is 108 cm³/mol. The number of amides is 1. The SMILES string of the molecule is CC.CNc1cnc2n(c1=O)C(C(=O)NCc1cc3c(s1)CN(C)C3)CC2. The number of rotatable bonds is 4. The molecule has 2 N–H and O–H groups in total. The van der Waals surface area contributed by atoms with E-state index in [2.05, 4.69) is 33.6 Å². The number of aromatic nitrogens is 2. The fourth-order valence-electron chi connectivity index (χ4n) is 3.59. The fraction of sp³-hybridized carbons (Fsp3) is 0.526. The van der Waals surface area contributed by atoms with Gasteiger partial charge in [0.15, 0.2) is 0 Å². The Kier molecular flexibility index (Phi) is 5.96. The molecule has 0 aliphatic carbocycles. The van der Waals surface area contributed by atoms with Gasteiger partial charge in [-0.15, -0.1) is 11.3 Å². The maximum atomic E-state index is 12.6. The summed E-state index contributed by atoms with van der Waals surface area (Å²) in [6, 6.07) is 1.71. The van der Waals surface area contributed by atoms with Gasteiger partial charge in [0.05, 0.1) is 12.7 Å². The van der Waals surface area contributed by atoms with Gasteiger partial charge in [-0.25, -0.2) is 4.98 Å². The fourth-order valence-corrected chi connectivity index (χ4v) is 4.79. The van der Waals surface area contributed by atoms with Gasteiger partial charge in [0.1, 0.15) is 17.6 Å². The van der Waals surface area contributed by atoms with Gasteiger partial charge < -0.3 is 10.6 Å². The van der Waals surface area contributed by atoms with E-state index in [9.17, 15) is 9.59 Å². The molecule has 1 unspecified atom stereocenters. The largest absolute Gasteiger partial charge is 0.382 e. The summed E-state index contributed by atoms with van der Waals surface area (Å²) >= 11 is 1.76. The normalized spacial score (nSPS) is 17.7. The van der Waals surface area contributed by atoms with Crippen LogP contribution in [0.3, 0.4) is 0 Å². The maximum absolute atomic E-state index is 12.6. The number of aryl methyl sites for hydroxylation is 1. The quantitative estimate of drug-likeness (QED) is 0.837. The number of thiophene rings is 1. The van der Waals surface area contributed by atoms with Gasteiger partial charge in [0, 0.05) is 36.3 Å². The number of nitrogens with one attached hydrogen (secondary N) is 2. The average molecular weight is 390 g/mol. The lowest BCUT2D eigenvalue weighted by atomic mass is 10.2. The summed E-state index contributed by atoms with van der Waals surface area (Å²) in [5.74, 6) is 0.573. The van der Waals surface area contributed by atoms with E-state index in [4.69, 9.17) is 0 Å². The van der Waals surface area contributed by atoms with Gasteiger partial charge in [-0.2, -0.15) is 0 Å². The predicted octanol–water partition coefficient (Wildman–Crippen LogP) is 2.12. The Labute approximate surface area is 163 Å². The third-order valence-corrected chi connectivity index (χ3v) is 6.00. The maximum Gasteiger partial charge on any atom is 0.277 e. The highest BCUT2D eigenvalue weighted by Gasteiger charge is 2.31. The highest BCUT2D eigenvalue weighted by Crippen LogP contribution is 2.30. The van der Waals surface area contributed by atoms with Crippen LogP contribution in [0.2, 0.25) is 0 Å². The van der Waals surface area contributed by atoms with E-state index in [1.165, 1.54) is 19.9 Å². The molecular formula is C19H27N5O2S. The van der Waals surface area contributed by atoms with Gasteiger partial charge in [-0.3, -0.25) is 19.1 Å². The second-order valence-electron chi connectivity index (χ2n) is 6.62. The topological polar surface area (TPSA) is 79.3 Å². The molecule has 0 spiro atoms. The summed E-state index contributed by atoms with van der Waals surface area (Å²) in [7, 11) is 3.79. The molecule has 4 rings (SSSR count). The molecule has 8 heteroatoms. The number of fused-ring (bicyclic) bond motifs is 2. The minimum absolute atomic E-state index is 0.110. The van der Waals surface area contributed by atoms with Crippen molar-refractivity contribution in [3.8, 4) is 0 Å². The smallest absolute Gasteiger partial charge is 0.277 e. The summed E-state index contributed by atoms with van der Waals surface area (Å²) in [5.41, 5.74) is 1.60. The molecule has 0 bridgehead atoms. The van der Waals surface area contributed by atoms with Gasteiger partial charge in [-0.1, -0.05) is 13.8 Å². The zero-order chi connectivity index (χ0) is 19.6. The number of carbonyl (C=O) groups excluding carboxylic acids is 1. The number of anilines is 1. The van der Waals surface area contributed by atoms with E-state index in [1.54, 1.807) is 24.6 Å². The number of carbonyl (C=O) groups is 1. The van der Waals surface area contributed by atoms with Crippen molar-refractivity contribution in [2.24, 2.45) is 0 Å². The van der Waals surface area contributed by atoms with E-state index in [1.807, 2.05) is 13.8 Å². The van der Waals surface area contributed by atoms with Crippen LogP contribution in [-0.2, 0) is 30.8 Å². The van der Waals surface area contributed by atoms with Gasteiger partial charge >= 0.3 is 0 Å². The monoisotopic (exact) mass is 389 g/mol. The van der Waals surface area contributed by atoms with Crippen LogP contribution in [0.4, 0.5) is 5.69 Å². The van der Waals surface area contributed by atoms with Gasteiger partial charge in [-0.05, 0) is 25.1 Å². The molecule has 1 atom stereocenters. The Balaban J connectivity index is 0.00000102. The Morgan fingerprint density at radius 2 is 2.15 bits per heavy atom. The summed E-state index contributed by atoms with van der Waals surface area (Å²) in [4.78, 5) is 34.2. The summed E-state index contributed by atoms with van der Waals surface area (Å²) in [5, 5.41) is 5.83. The lowest BCUT2D eigenvalue weighted by Crippen LogP contribution is -2.36. The second kappa shape index (κ2) is 8.22. The molecule has 7 nitrogen and oxygen atoms in total. The van der Waals surface area contributed by atoms with Gasteiger partial charge in [0.25, 0.3) is 5.56 Å². The molecule has 2 aromatic heterocycles. The van der Waals surface area contributed by atoms with Crippen LogP contribution in [0.1, 0.15) is 47.5 Å². The Bertz CT molecular complexity index is 865. The Morgan fingerprint density at radius 1 is 1.37 bits per heavy atom. The average Bonchev–Trinajstić information content (AvgIpc) is 3.34. The molecule has 0 saturated carbocycles. The standard InChI is InChI=1S/C17H21N5O2S.C2H6/c1-18-12-7-19-15-4-3-13(22(15)17(12)24)16(23)20-6-11-5-10-8-21(2)9-14(10)25-11;1-2/h5,7,13,18H,3-4,6,8-9H2,1-2H3,(H,20,23);1-2H3. The van der Waals surface area contributed by atoms with Gasteiger partial charge in [0.2, 0.25) is 5.91 Å². The van der Waals surface area contributed by atoms with Crippen LogP contribution in [0, 0.1) is 0 Å². The number of hydrogen-bond acceptors (Lipinski definition) is 6. The molecule has 0 fully saturated rings. The molecule has 1 amide bonds. The lowest BCUT2D eigenvalue weighted by molar-refractivity contribution is -0.124. The van der Waals surface area contributed by atoms with Crippen molar-refractivity contribution in [2.45, 2.75) is 52.4 Å². The molecule has 2 aliphatic rings. The summed E-state index contributed by atoms with van der Waals surface area (Å²) in [6.07, 6.45) is 2.81. The molecule has 146 valence electrons. The molecule has 2 aliphatic heterocycles. The highest BCUT2D eigenvalue weighted by atomic mass is 32.1. The van der Waals surface area contributed by atoms with Crippen LogP contribution in [0.25, 0.3) is 0 Å². The van der Waals surface area contributed by atoms with Crippen LogP contribution >= 0.6 is 11.3 Å². The first-order chi connectivity index (χ1) is 13.1. The number of nitrogens with zero attached hydrogens (tertiary/aromatic N) is 3. The van der Waals surface area contributed by atoms with Crippen LogP contribution < -0.4 is 16.2 Å². The third kappa shape index (κ3) is 3.77. The van der Waals surface area contributed by atoms with Crippen molar-refractivity contribution in [1.82, 2.24) is 19.8 Å². The van der Waals surface area contributed by atoms with E-state index >= 15 is 0 Å². The third-order valence-electron chi connectivity index (χ3n) is 4.83. The molecule has 0 aromatic carbocycles. The van der Waals surface area contributed by atoms with Crippen molar-refractivity contribution in [1.29, 1.82) is 0 Å². The first kappa shape index (κ1) is 19.6. The van der Waals surface area contributed by atoms with E-state index in [-0.39, 0.29) is 11.5 Å². The van der Waals surface area contributed by atoms with E-state index in [0.29, 0.717) is 30.9 Å². The van der Waals surface area contributed by atoms with Crippen molar-refractivity contribution < 1.29 is 4.79 Å². The lowest BCUT2D eigenvalue weighted by Gasteiger charge is -2.15. The van der Waals surface area contributed by atoms with Crippen LogP contribution in [-0.4, -0.2) is 34.5 Å². The van der Waals surface area contributed by atoms with E-state index in [0.717, 1.165) is 13.1 Å². The van der Waals surface area contributed by atoms with Crippen molar-refractivity contribution in [3.05, 3.63) is 43.8 Å². The zero-order valence-electron chi connectivity index (χ0n) is 16.3. The Hall–Kier alpha value is -2.19. The first-order valence-corrected chi connectivity index (χ1v) is 10.2. The van der Waals surface area contributed by atoms with Crippen molar-refractivity contribution in [3.63, 3.8) is 0 Å². The minimum atomic E-state index is -0.471. The van der Waals surface area contributed by atoms with Crippen molar-refractivity contribution >= 4 is 22.9 Å². The first-order valence-electron chi connectivity index (χ1n) is 9.41. The second-order valence-corrected chi connectivity index (χ2v) is 7.84. The van der Waals surface area contributed by atoms with Crippen molar-refractivity contribution in [2.75, 3.05) is 19.4 Å². The zero-order valence-corrected chi connectivity index (χ0v) is 17.2. The van der Waals surface area contributed by atoms with Crippen LogP contribution in [0.5, 0.6) is 0 Å². The molecule has 4 heterocycles. The minimum Gasteiger partial charge on any atom is -0.382 e. The molecular weight excluding hydrogens is 362 g/mol. The molecule has 0 radical (unpaired) electrons. The van der Waals surface area contributed by atoms with Crippen LogP contribution in [0.15, 0.2) is 17.1 Å². The summed E-state index contributed by atoms with van der Waals surface area (Å²) in [6.45, 7) is 6.47. The molecule has 0 saturated heterocycles. The van der Waals surface area contributed by atoms with E-state index < -0.39 is 6.04 Å². The summed E-state index contributed by atoms with van der Waals surface area (Å²) < 4.78 is 1.53. The molecule has 2 aromatic rings. The Morgan fingerprint density at radius 3 is 2.85 bits per heavy atom. The molecule has 27 heavy (non-hydrogen) atoms.